The van der Waals surface area contributed by atoms with Gasteiger partial charge in [-0.2, -0.15) is 8.78 Å². The summed E-state index contributed by atoms with van der Waals surface area (Å²) in [5.41, 5.74) is 0. The second-order valence-electron chi connectivity index (χ2n) is 2.58. The highest BCUT2D eigenvalue weighted by molar-refractivity contribution is 7.93. The fourth-order valence-corrected chi connectivity index (χ4v) is 1.79. The van der Waals surface area contributed by atoms with E-state index in [2.05, 4.69) is 21.9 Å². The number of alkyl halides is 3. The van der Waals surface area contributed by atoms with Crippen LogP contribution in [0, 0.1) is 0 Å². The molecule has 0 saturated heterocycles. The first-order chi connectivity index (χ1) is 6.79. The SMILES string of the molecule is CNc1ccc(S(=O)(=O)C(F)(F)Cl)cn1. The largest absolute Gasteiger partial charge is 0.427 e. The Balaban J connectivity index is 3.18. The van der Waals surface area contributed by atoms with E-state index >= 15 is 0 Å². The summed E-state index contributed by atoms with van der Waals surface area (Å²) in [4.78, 5) is 2.97. The molecule has 8 heteroatoms. The van der Waals surface area contributed by atoms with Crippen molar-refractivity contribution in [2.45, 2.75) is 9.61 Å². The minimum atomic E-state index is -4.86. The first kappa shape index (κ1) is 12.1. The number of halogens is 3. The standard InChI is InChI=1S/C7H7ClF2N2O2S/c1-11-6-3-2-5(4-12-6)15(13,14)7(8,9)10/h2-4H,1H3,(H,11,12). The van der Waals surface area contributed by atoms with Crippen LogP contribution in [0.15, 0.2) is 23.2 Å². The summed E-state index contributed by atoms with van der Waals surface area (Å²) < 4.78 is 42.9. The molecule has 0 aliphatic rings. The number of anilines is 1. The van der Waals surface area contributed by atoms with Crippen molar-refractivity contribution in [2.24, 2.45) is 0 Å². The van der Waals surface area contributed by atoms with Crippen LogP contribution in [-0.2, 0) is 9.84 Å². The van der Waals surface area contributed by atoms with Gasteiger partial charge in [0.2, 0.25) is 0 Å². The molecule has 0 saturated carbocycles. The average Bonchev–Trinajstić information content (AvgIpc) is 2.16. The van der Waals surface area contributed by atoms with Gasteiger partial charge in [-0.15, -0.1) is 0 Å². The first-order valence-corrected chi connectivity index (χ1v) is 5.60. The van der Waals surface area contributed by atoms with Gasteiger partial charge in [-0.1, -0.05) is 0 Å². The Hall–Kier alpha value is -0.950. The monoisotopic (exact) mass is 256 g/mol. The Kier molecular flexibility index (Phi) is 3.15. The molecular weight excluding hydrogens is 250 g/mol. The average molecular weight is 257 g/mol. The predicted octanol–water partition coefficient (Wildman–Crippen LogP) is 1.69. The minimum Gasteiger partial charge on any atom is -0.373 e. The van der Waals surface area contributed by atoms with E-state index in [4.69, 9.17) is 0 Å². The molecule has 0 fully saturated rings. The molecule has 0 atom stereocenters. The molecule has 1 aromatic rings. The highest BCUT2D eigenvalue weighted by Crippen LogP contribution is 2.32. The molecule has 84 valence electrons. The topological polar surface area (TPSA) is 59.1 Å². The van der Waals surface area contributed by atoms with Gasteiger partial charge >= 0.3 is 4.71 Å². The maximum absolute atomic E-state index is 12.5. The summed E-state index contributed by atoms with van der Waals surface area (Å²) in [6, 6.07) is 2.26. The van der Waals surface area contributed by atoms with E-state index < -0.39 is 19.4 Å². The van der Waals surface area contributed by atoms with Crippen LogP contribution >= 0.6 is 11.6 Å². The van der Waals surface area contributed by atoms with Crippen molar-refractivity contribution >= 4 is 27.3 Å². The van der Waals surface area contributed by atoms with Crippen LogP contribution in [0.1, 0.15) is 0 Å². The maximum atomic E-state index is 12.5. The van der Waals surface area contributed by atoms with Gasteiger partial charge in [-0.05, 0) is 23.7 Å². The van der Waals surface area contributed by atoms with E-state index in [1.54, 1.807) is 7.05 Å². The molecule has 0 aliphatic heterocycles. The van der Waals surface area contributed by atoms with Crippen LogP contribution in [0.3, 0.4) is 0 Å². The molecule has 1 heterocycles. The van der Waals surface area contributed by atoms with E-state index in [1.165, 1.54) is 6.07 Å². The lowest BCUT2D eigenvalue weighted by Crippen LogP contribution is -2.22. The zero-order chi connectivity index (χ0) is 11.7. The van der Waals surface area contributed by atoms with Gasteiger partial charge in [0.1, 0.15) is 5.82 Å². The molecule has 1 aromatic heterocycles. The van der Waals surface area contributed by atoms with E-state index in [0.29, 0.717) is 5.82 Å². The van der Waals surface area contributed by atoms with Gasteiger partial charge in [-0.25, -0.2) is 13.4 Å². The second kappa shape index (κ2) is 3.90. The number of rotatable bonds is 3. The highest BCUT2D eigenvalue weighted by atomic mass is 35.5. The lowest BCUT2D eigenvalue weighted by molar-refractivity contribution is 0.187. The van der Waals surface area contributed by atoms with Crippen LogP contribution < -0.4 is 5.32 Å². The number of sulfone groups is 1. The summed E-state index contributed by atoms with van der Waals surface area (Å²) in [5.74, 6) is 0.367. The van der Waals surface area contributed by atoms with Crippen LogP contribution in [0.2, 0.25) is 0 Å². The Morgan fingerprint density at radius 3 is 2.40 bits per heavy atom. The lowest BCUT2D eigenvalue weighted by Gasteiger charge is -2.09. The maximum Gasteiger partial charge on any atom is 0.427 e. The Morgan fingerprint density at radius 2 is 2.07 bits per heavy atom. The van der Waals surface area contributed by atoms with Crippen LogP contribution in [0.25, 0.3) is 0 Å². The molecule has 15 heavy (non-hydrogen) atoms. The van der Waals surface area contributed by atoms with Crippen LogP contribution in [0.4, 0.5) is 14.6 Å². The van der Waals surface area contributed by atoms with E-state index in [9.17, 15) is 17.2 Å². The predicted molar refractivity (Wildman–Crippen MR) is 51.8 cm³/mol. The number of nitrogens with zero attached hydrogens (tertiary/aromatic N) is 1. The van der Waals surface area contributed by atoms with Crippen molar-refractivity contribution in [3.05, 3.63) is 18.3 Å². The molecule has 1 rings (SSSR count). The molecule has 0 bridgehead atoms. The summed E-state index contributed by atoms with van der Waals surface area (Å²) in [6.07, 6.45) is 0.817. The molecule has 0 amide bonds. The third-order valence-electron chi connectivity index (χ3n) is 1.61. The Labute approximate surface area is 90.2 Å². The Morgan fingerprint density at radius 1 is 1.47 bits per heavy atom. The van der Waals surface area contributed by atoms with Gasteiger partial charge < -0.3 is 5.32 Å². The summed E-state index contributed by atoms with van der Waals surface area (Å²) >= 11 is 4.47. The normalized spacial score (nSPS) is 12.5. The third kappa shape index (κ3) is 2.35. The summed E-state index contributed by atoms with van der Waals surface area (Å²) in [5, 5.41) is 2.62. The molecule has 0 unspecified atom stereocenters. The number of nitrogens with one attached hydrogen (secondary N) is 1. The fourth-order valence-electron chi connectivity index (χ4n) is 0.821. The summed E-state index contributed by atoms with van der Waals surface area (Å²) in [7, 11) is -3.30. The summed E-state index contributed by atoms with van der Waals surface area (Å²) in [6.45, 7) is 0. The zero-order valence-corrected chi connectivity index (χ0v) is 9.11. The zero-order valence-electron chi connectivity index (χ0n) is 7.54. The smallest absolute Gasteiger partial charge is 0.373 e. The van der Waals surface area contributed by atoms with Crippen LogP contribution in [0.5, 0.6) is 0 Å². The van der Waals surface area contributed by atoms with Crippen molar-refractivity contribution in [3.63, 3.8) is 0 Å². The second-order valence-corrected chi connectivity index (χ2v) is 5.27. The van der Waals surface area contributed by atoms with Crippen molar-refractivity contribution in [2.75, 3.05) is 12.4 Å². The number of hydrogen-bond acceptors (Lipinski definition) is 4. The van der Waals surface area contributed by atoms with Crippen molar-refractivity contribution in [3.8, 4) is 0 Å². The van der Waals surface area contributed by atoms with Crippen LogP contribution in [-0.4, -0.2) is 25.2 Å². The quantitative estimate of drug-likeness (QED) is 0.836. The van der Waals surface area contributed by atoms with Gasteiger partial charge in [0.05, 0.1) is 4.90 Å². The number of hydrogen-bond donors (Lipinski definition) is 1. The number of aromatic nitrogens is 1. The van der Waals surface area contributed by atoms with E-state index in [-0.39, 0.29) is 0 Å². The molecule has 0 spiro atoms. The van der Waals surface area contributed by atoms with Gasteiger partial charge in [-0.3, -0.25) is 0 Å². The fraction of sp³-hybridized carbons (Fsp3) is 0.286. The molecular formula is C7H7ClF2N2O2S. The van der Waals surface area contributed by atoms with Crippen molar-refractivity contribution in [1.82, 2.24) is 4.98 Å². The third-order valence-corrected chi connectivity index (χ3v) is 3.69. The minimum absolute atomic E-state index is 0.367. The van der Waals surface area contributed by atoms with E-state index in [0.717, 1.165) is 12.3 Å². The molecule has 0 aliphatic carbocycles. The molecule has 1 N–H and O–H groups in total. The molecule has 0 aromatic carbocycles. The van der Waals surface area contributed by atoms with Gasteiger partial charge in [0.15, 0.2) is 0 Å². The molecule has 0 radical (unpaired) electrons. The van der Waals surface area contributed by atoms with E-state index in [1.807, 2.05) is 0 Å². The highest BCUT2D eigenvalue weighted by Gasteiger charge is 2.44. The number of pyridine rings is 1. The van der Waals surface area contributed by atoms with Crippen molar-refractivity contribution < 1.29 is 17.2 Å². The Bertz CT molecular complexity index is 441. The first-order valence-electron chi connectivity index (χ1n) is 3.74. The van der Waals surface area contributed by atoms with Crippen molar-refractivity contribution in [1.29, 1.82) is 0 Å². The molecule has 4 nitrogen and oxygen atoms in total. The van der Waals surface area contributed by atoms with Gasteiger partial charge in [0.25, 0.3) is 9.84 Å². The van der Waals surface area contributed by atoms with Gasteiger partial charge in [0, 0.05) is 13.2 Å². The lowest BCUT2D eigenvalue weighted by atomic mass is 10.5.